The maximum atomic E-state index is 14.3. The van der Waals surface area contributed by atoms with Crippen LogP contribution in [-0.4, -0.2) is 137 Å². The lowest BCUT2D eigenvalue weighted by molar-refractivity contribution is -0.835. The zero-order chi connectivity index (χ0) is 39.2. The van der Waals surface area contributed by atoms with Crippen LogP contribution in [0.1, 0.15) is 83.5 Å². The molecule has 4 aliphatic heterocycles. The SMILES string of the molecule is N=C1N=C([O-])C2=NC[NH+](C3CCCCC3CC3CC4C(=O)C5CCCCC5C(=O)C4C(O)C3OC3OC(CO)C(O)C(O)C3OCCC3CC[NH2+]C(N)C3)C2=N1. The van der Waals surface area contributed by atoms with Crippen LogP contribution >= 0.6 is 0 Å². The summed E-state index contributed by atoms with van der Waals surface area (Å²) in [5, 5.41) is 67.6. The van der Waals surface area contributed by atoms with Crippen molar-refractivity contribution in [1.29, 1.82) is 5.41 Å². The van der Waals surface area contributed by atoms with Crippen molar-refractivity contribution in [2.45, 2.75) is 139 Å². The number of nitrogens with one attached hydrogen (secondary N) is 2. The topological polar surface area (TPSA) is 274 Å². The molecule has 17 unspecified atom stereocenters. The average Bonchev–Trinajstić information content (AvgIpc) is 3.61. The van der Waals surface area contributed by atoms with Crippen LogP contribution in [0.2, 0.25) is 0 Å². The number of hydrogen-bond acceptors (Lipinski definition) is 13. The number of hydrogen-bond donors (Lipinski definition) is 8. The van der Waals surface area contributed by atoms with Crippen LogP contribution in [0, 0.1) is 46.8 Å². The molecule has 4 saturated carbocycles. The lowest BCUT2D eigenvalue weighted by atomic mass is 9.55. The molecule has 0 bridgehead atoms. The Hall–Kier alpha value is -2.58. The van der Waals surface area contributed by atoms with E-state index in [-0.39, 0.29) is 53.9 Å². The standard InChI is InChI=1S/C39H59N7O10/c40-26-13-18(9-11-42-26)10-12-54-35-33(52)31(50)25(16-47)55-38(35)56-34-20(15-23-27(32(34)51)30(49)22-7-3-2-6-21(22)29(23)48)14-19-5-1-4-8-24(19)46-17-43-28-36(46)44-39(41)45-37(28)53/h18-27,31-35,38,42,47,50-52H,1-17,40H2,(H2,41,45,53)/p+1. The van der Waals surface area contributed by atoms with E-state index in [1.165, 1.54) is 0 Å². The van der Waals surface area contributed by atoms with E-state index in [2.05, 4.69) is 20.3 Å². The largest absolute Gasteiger partial charge is 0.857 e. The van der Waals surface area contributed by atoms with E-state index in [9.17, 15) is 35.1 Å². The van der Waals surface area contributed by atoms with E-state index in [0.717, 1.165) is 62.8 Å². The van der Waals surface area contributed by atoms with Crippen LogP contribution in [0.3, 0.4) is 0 Å². The van der Waals surface area contributed by atoms with Crippen molar-refractivity contribution in [3.05, 3.63) is 0 Å². The van der Waals surface area contributed by atoms with Crippen LogP contribution in [0.5, 0.6) is 0 Å². The molecule has 8 aliphatic rings. The minimum Gasteiger partial charge on any atom is -0.857 e. The molecule has 0 aromatic rings. The lowest BCUT2D eigenvalue weighted by Crippen LogP contribution is -3.18. The average molecular weight is 787 g/mol. The Balaban J connectivity index is 1.07. The van der Waals surface area contributed by atoms with Gasteiger partial charge in [0.05, 0.1) is 37.3 Å². The number of rotatable bonds is 10. The van der Waals surface area contributed by atoms with Crippen molar-refractivity contribution in [1.82, 2.24) is 0 Å². The molecule has 310 valence electrons. The number of ketones is 2. The number of aliphatic hydroxyl groups is 4. The molecule has 4 aliphatic carbocycles. The van der Waals surface area contributed by atoms with Crippen LogP contribution in [-0.2, 0) is 23.8 Å². The first-order valence-electron chi connectivity index (χ1n) is 21.1. The van der Waals surface area contributed by atoms with Gasteiger partial charge in [0.2, 0.25) is 5.96 Å². The van der Waals surface area contributed by atoms with Crippen LogP contribution < -0.4 is 21.1 Å². The monoisotopic (exact) mass is 786 g/mol. The highest BCUT2D eigenvalue weighted by atomic mass is 16.7. The Morgan fingerprint density at radius 1 is 0.911 bits per heavy atom. The smallest absolute Gasteiger partial charge is 0.258 e. The van der Waals surface area contributed by atoms with Gasteiger partial charge in [0.1, 0.15) is 42.1 Å². The Morgan fingerprint density at radius 2 is 1.66 bits per heavy atom. The van der Waals surface area contributed by atoms with Crippen LogP contribution in [0.4, 0.5) is 0 Å². The summed E-state index contributed by atoms with van der Waals surface area (Å²) >= 11 is 0. The molecular weight excluding hydrogens is 726 g/mol. The molecule has 4 heterocycles. The summed E-state index contributed by atoms with van der Waals surface area (Å²) < 4.78 is 19.2. The maximum absolute atomic E-state index is 14.3. The zero-order valence-electron chi connectivity index (χ0n) is 32.0. The molecule has 0 radical (unpaired) electrons. The van der Waals surface area contributed by atoms with E-state index in [1.807, 2.05) is 0 Å². The van der Waals surface area contributed by atoms with Crippen LogP contribution in [0.15, 0.2) is 15.0 Å². The number of nitrogens with zero attached hydrogens (tertiary/aromatic N) is 3. The normalized spacial score (nSPS) is 45.6. The summed E-state index contributed by atoms with van der Waals surface area (Å²) in [6, 6.07) is -0.0207. The lowest BCUT2D eigenvalue weighted by Gasteiger charge is -2.52. The molecule has 10 N–H and O–H groups in total. The number of guanidine groups is 1. The number of carbonyl (C=O) groups is 2. The van der Waals surface area contributed by atoms with Gasteiger partial charge >= 0.3 is 0 Å². The second-order valence-electron chi connectivity index (χ2n) is 17.7. The summed E-state index contributed by atoms with van der Waals surface area (Å²) in [5.74, 6) is -2.91. The van der Waals surface area contributed by atoms with Gasteiger partial charge < -0.3 is 45.1 Å². The highest BCUT2D eigenvalue weighted by molar-refractivity contribution is 6.66. The van der Waals surface area contributed by atoms with Crippen LogP contribution in [0.25, 0.3) is 0 Å². The van der Waals surface area contributed by atoms with Gasteiger partial charge in [-0.05, 0) is 63.2 Å². The summed E-state index contributed by atoms with van der Waals surface area (Å²) in [6.07, 6.45) is 1.04. The third-order valence-electron chi connectivity index (χ3n) is 14.5. The second-order valence-corrected chi connectivity index (χ2v) is 17.7. The fraction of sp³-hybridized carbons (Fsp3) is 0.846. The van der Waals surface area contributed by atoms with Gasteiger partial charge in [0.15, 0.2) is 18.7 Å². The molecule has 0 spiro atoms. The van der Waals surface area contributed by atoms with Crippen molar-refractivity contribution < 1.29 is 59.5 Å². The van der Waals surface area contributed by atoms with Gasteiger partial charge in [0.25, 0.3) is 5.84 Å². The number of quaternary nitrogens is 2. The predicted molar refractivity (Wildman–Crippen MR) is 197 cm³/mol. The Kier molecular flexibility index (Phi) is 12.2. The molecular formula is C39H60N7O10+. The number of nitrogens with two attached hydrogens (primary N) is 2. The van der Waals surface area contributed by atoms with Crippen molar-refractivity contribution in [3.8, 4) is 0 Å². The molecule has 56 heavy (non-hydrogen) atoms. The van der Waals surface area contributed by atoms with Crippen molar-refractivity contribution in [2.75, 3.05) is 26.4 Å². The fourth-order valence-corrected chi connectivity index (χ4v) is 11.7. The Bertz CT molecular complexity index is 1590. The summed E-state index contributed by atoms with van der Waals surface area (Å²) in [6.45, 7) is 0.846. The molecule has 17 nitrogen and oxygen atoms in total. The summed E-state index contributed by atoms with van der Waals surface area (Å²) in [5.41, 5.74) is 6.36. The quantitative estimate of drug-likeness (QED) is 0.102. The molecule has 6 fully saturated rings. The molecule has 8 rings (SSSR count). The zero-order valence-corrected chi connectivity index (χ0v) is 32.0. The van der Waals surface area contributed by atoms with Gasteiger partial charge in [-0.2, -0.15) is 4.99 Å². The van der Waals surface area contributed by atoms with E-state index in [1.54, 1.807) is 0 Å². The third-order valence-corrected chi connectivity index (χ3v) is 14.5. The van der Waals surface area contributed by atoms with Gasteiger partial charge in [-0.1, -0.05) is 19.3 Å². The van der Waals surface area contributed by atoms with Crippen molar-refractivity contribution in [2.24, 2.45) is 62.1 Å². The number of piperidine rings is 1. The minimum absolute atomic E-state index is 0.0138. The third kappa shape index (κ3) is 7.69. The highest BCUT2D eigenvalue weighted by Gasteiger charge is 2.59. The fourth-order valence-electron chi connectivity index (χ4n) is 11.7. The highest BCUT2D eigenvalue weighted by Crippen LogP contribution is 2.50. The minimum atomic E-state index is -1.47. The van der Waals surface area contributed by atoms with Crippen molar-refractivity contribution >= 4 is 35.0 Å². The first-order chi connectivity index (χ1) is 27.0. The summed E-state index contributed by atoms with van der Waals surface area (Å²) in [4.78, 5) is 41.9. The number of aliphatic imine (C=N–C) groups is 3. The Morgan fingerprint density at radius 3 is 2.43 bits per heavy atom. The summed E-state index contributed by atoms with van der Waals surface area (Å²) in [7, 11) is 0. The molecule has 17 atom stereocenters. The number of carbonyl (C=O) groups excluding carboxylic acids is 2. The molecule has 0 amide bonds. The van der Waals surface area contributed by atoms with Gasteiger partial charge in [-0.3, -0.25) is 25.6 Å². The predicted octanol–water partition coefficient (Wildman–Crippen LogP) is -3.23. The van der Waals surface area contributed by atoms with Gasteiger partial charge in [-0.15, -0.1) is 0 Å². The molecule has 0 aromatic carbocycles. The number of amidine groups is 1. The van der Waals surface area contributed by atoms with E-state index >= 15 is 0 Å². The van der Waals surface area contributed by atoms with E-state index in [0.29, 0.717) is 50.5 Å². The number of fused-ring (bicyclic) bond motifs is 3. The molecule has 2 saturated heterocycles. The first-order valence-corrected chi connectivity index (χ1v) is 21.1. The van der Waals surface area contributed by atoms with E-state index in [4.69, 9.17) is 25.4 Å². The maximum Gasteiger partial charge on any atom is 0.258 e. The first kappa shape index (κ1) is 40.2. The Labute approximate surface area is 326 Å². The van der Waals surface area contributed by atoms with E-state index < -0.39 is 79.1 Å². The number of aliphatic hydroxyl groups excluding tert-OH is 4. The van der Waals surface area contributed by atoms with Crippen molar-refractivity contribution in [3.63, 3.8) is 0 Å². The van der Waals surface area contributed by atoms with Gasteiger partial charge in [0, 0.05) is 49.0 Å². The number of Topliss-reactive ketones (excluding diaryl/α,β-unsaturated/α-hetero) is 2. The second kappa shape index (κ2) is 17.0. The molecule has 0 aromatic heterocycles. The van der Waals surface area contributed by atoms with Gasteiger partial charge in [-0.25, -0.2) is 9.98 Å². The number of ether oxygens (including phenoxy) is 3. The molecule has 17 heteroatoms.